The van der Waals surface area contributed by atoms with Crippen molar-refractivity contribution in [1.82, 2.24) is 0 Å². The predicted molar refractivity (Wildman–Crippen MR) is 50.6 cm³/mol. The van der Waals surface area contributed by atoms with Gasteiger partial charge in [-0.3, -0.25) is 0 Å². The van der Waals surface area contributed by atoms with Gasteiger partial charge in [0.25, 0.3) is 0 Å². The fourth-order valence-corrected chi connectivity index (χ4v) is 0.715. The summed E-state index contributed by atoms with van der Waals surface area (Å²) in [6.07, 6.45) is -4.30. The normalized spacial score (nSPS) is 10.2. The molecule has 6 heteroatoms. The zero-order valence-electron chi connectivity index (χ0n) is 6.28. The predicted octanol–water partition coefficient (Wildman–Crippen LogP) is 3.82. The van der Waals surface area contributed by atoms with E-state index < -0.39 is 11.7 Å². The van der Waals surface area contributed by atoms with Gasteiger partial charge >= 0.3 is 6.18 Å². The molecule has 0 aliphatic heterocycles. The van der Waals surface area contributed by atoms with E-state index in [1.807, 2.05) is 0 Å². The van der Waals surface area contributed by atoms with Crippen molar-refractivity contribution in [3.8, 4) is 0 Å². The minimum atomic E-state index is -4.30. The smallest absolute Gasteiger partial charge is 0.399 e. The first-order valence-electron chi connectivity index (χ1n) is 3.07. The molecule has 0 radical (unpaired) electrons. The number of nitrogen functional groups attached to an aromatic ring is 1. The van der Waals surface area contributed by atoms with Gasteiger partial charge < -0.3 is 5.73 Å². The maximum atomic E-state index is 11.9. The highest BCUT2D eigenvalue weighted by atomic mass is 79.9. The maximum Gasteiger partial charge on any atom is 0.416 e. The van der Waals surface area contributed by atoms with Crippen LogP contribution < -0.4 is 5.73 Å². The van der Waals surface area contributed by atoms with Crippen LogP contribution in [0.4, 0.5) is 18.9 Å². The topological polar surface area (TPSA) is 26.0 Å². The summed E-state index contributed by atoms with van der Waals surface area (Å²) >= 11 is 2.41. The molecule has 1 nitrogen and oxygen atoms in total. The Kier molecular flexibility index (Phi) is 5.17. The summed E-state index contributed by atoms with van der Waals surface area (Å²) < 4.78 is 35.7. The van der Waals surface area contributed by atoms with Crippen LogP contribution in [0.15, 0.2) is 24.3 Å². The van der Waals surface area contributed by atoms with Crippen LogP contribution in [0, 0.1) is 0 Å². The molecule has 0 fully saturated rings. The van der Waals surface area contributed by atoms with E-state index in [1.54, 1.807) is 0 Å². The molecule has 0 spiro atoms. The highest BCUT2D eigenvalue weighted by Crippen LogP contribution is 2.29. The van der Waals surface area contributed by atoms with Gasteiger partial charge in [-0.1, -0.05) is 6.07 Å². The van der Waals surface area contributed by atoms with Crippen molar-refractivity contribution >= 4 is 30.8 Å². The number of hydrogen-bond acceptors (Lipinski definition) is 1. The number of halogens is 5. The molecule has 0 saturated heterocycles. The zero-order valence-corrected chi connectivity index (χ0v) is 8.62. The van der Waals surface area contributed by atoms with Crippen molar-refractivity contribution in [1.29, 1.82) is 0 Å². The van der Waals surface area contributed by atoms with E-state index in [1.165, 1.54) is 12.1 Å². The molecular formula is C7H6BrClF3N. The largest absolute Gasteiger partial charge is 0.416 e. The van der Waals surface area contributed by atoms with Gasteiger partial charge in [-0.25, -0.2) is 0 Å². The van der Waals surface area contributed by atoms with Crippen molar-refractivity contribution in [2.24, 2.45) is 0 Å². The highest BCUT2D eigenvalue weighted by Gasteiger charge is 2.30. The van der Waals surface area contributed by atoms with E-state index in [2.05, 4.69) is 25.1 Å². The Morgan fingerprint density at radius 2 is 1.77 bits per heavy atom. The summed E-state index contributed by atoms with van der Waals surface area (Å²) in [5.74, 6) is 0. The molecular weight excluding hydrogens is 270 g/mol. The van der Waals surface area contributed by atoms with Crippen LogP contribution in [0.1, 0.15) is 5.56 Å². The van der Waals surface area contributed by atoms with Crippen molar-refractivity contribution in [2.75, 3.05) is 5.73 Å². The Labute approximate surface area is 86.0 Å². The Bertz CT molecular complexity index is 264. The van der Waals surface area contributed by atoms with Gasteiger partial charge in [0, 0.05) is 20.7 Å². The van der Waals surface area contributed by atoms with Gasteiger partial charge in [-0.15, -0.1) is 0 Å². The van der Waals surface area contributed by atoms with E-state index in [0.29, 0.717) is 0 Å². The van der Waals surface area contributed by atoms with Crippen molar-refractivity contribution in [2.45, 2.75) is 6.18 Å². The lowest BCUT2D eigenvalue weighted by Gasteiger charge is -2.05. The van der Waals surface area contributed by atoms with Crippen LogP contribution in [-0.2, 0) is 6.18 Å². The molecule has 0 atom stereocenters. The van der Waals surface area contributed by atoms with Crippen LogP contribution in [0.2, 0.25) is 0 Å². The Morgan fingerprint density at radius 3 is 2.08 bits per heavy atom. The van der Waals surface area contributed by atoms with Gasteiger partial charge in [0.05, 0.1) is 5.56 Å². The first-order valence-corrected chi connectivity index (χ1v) is 5.15. The van der Waals surface area contributed by atoms with E-state index in [-0.39, 0.29) is 5.69 Å². The molecule has 0 bridgehead atoms. The third-order valence-electron chi connectivity index (χ3n) is 1.21. The number of nitrogens with two attached hydrogens (primary N) is 1. The highest BCUT2D eigenvalue weighted by molar-refractivity contribution is 9.22. The third-order valence-corrected chi connectivity index (χ3v) is 1.21. The lowest BCUT2D eigenvalue weighted by Crippen LogP contribution is -2.04. The van der Waals surface area contributed by atoms with Crippen molar-refractivity contribution in [3.05, 3.63) is 29.8 Å². The van der Waals surface area contributed by atoms with Crippen LogP contribution in [0.3, 0.4) is 0 Å². The Balaban J connectivity index is 0.000000671. The van der Waals surface area contributed by atoms with Crippen molar-refractivity contribution in [3.63, 3.8) is 0 Å². The minimum Gasteiger partial charge on any atom is -0.399 e. The second kappa shape index (κ2) is 5.34. The number of benzene rings is 1. The molecule has 74 valence electrons. The van der Waals surface area contributed by atoms with Gasteiger partial charge in [-0.05, 0) is 28.3 Å². The number of alkyl halides is 3. The lowest BCUT2D eigenvalue weighted by molar-refractivity contribution is -0.137. The Hall–Kier alpha value is -0.420. The van der Waals surface area contributed by atoms with E-state index in [9.17, 15) is 13.2 Å². The molecule has 0 unspecified atom stereocenters. The van der Waals surface area contributed by atoms with E-state index >= 15 is 0 Å². The summed E-state index contributed by atoms with van der Waals surface area (Å²) in [6.45, 7) is 0. The first kappa shape index (κ1) is 12.6. The average Bonchev–Trinajstić information content (AvgIpc) is 2.06. The van der Waals surface area contributed by atoms with Gasteiger partial charge in [0.2, 0.25) is 0 Å². The molecule has 1 aromatic carbocycles. The second-order valence-corrected chi connectivity index (χ2v) is 2.12. The fourth-order valence-electron chi connectivity index (χ4n) is 0.715. The summed E-state index contributed by atoms with van der Waals surface area (Å²) in [6, 6.07) is 4.57. The van der Waals surface area contributed by atoms with Crippen LogP contribution >= 0.6 is 25.1 Å². The molecule has 0 amide bonds. The summed E-state index contributed by atoms with van der Waals surface area (Å²) in [5, 5.41) is 0. The van der Waals surface area contributed by atoms with Crippen molar-refractivity contribution < 1.29 is 13.2 Å². The molecule has 13 heavy (non-hydrogen) atoms. The molecule has 0 saturated carbocycles. The molecule has 0 heterocycles. The second-order valence-electron chi connectivity index (χ2n) is 2.12. The Morgan fingerprint density at radius 1 is 1.23 bits per heavy atom. The summed E-state index contributed by atoms with van der Waals surface area (Å²) in [5.41, 5.74) is 4.57. The molecule has 1 rings (SSSR count). The number of rotatable bonds is 0. The van der Waals surface area contributed by atoms with Gasteiger partial charge in [0.1, 0.15) is 0 Å². The third kappa shape index (κ3) is 4.38. The zero-order chi connectivity index (χ0) is 10.5. The SMILES string of the molecule is ClBr.Nc1cccc(C(F)(F)F)c1. The molecule has 0 aromatic heterocycles. The standard InChI is InChI=1S/C7H6F3N.BrCl/c8-7(9,10)5-2-1-3-6(11)4-5;1-2/h1-4H,11H2;. The monoisotopic (exact) mass is 275 g/mol. The molecule has 0 aliphatic rings. The number of anilines is 1. The summed E-state index contributed by atoms with van der Waals surface area (Å²) in [7, 11) is 4.45. The lowest BCUT2D eigenvalue weighted by atomic mass is 10.2. The quantitative estimate of drug-likeness (QED) is 0.716. The van der Waals surface area contributed by atoms with Crippen LogP contribution in [-0.4, -0.2) is 0 Å². The van der Waals surface area contributed by atoms with Crippen LogP contribution in [0.5, 0.6) is 0 Å². The summed E-state index contributed by atoms with van der Waals surface area (Å²) in [4.78, 5) is 0. The molecule has 0 aliphatic carbocycles. The molecule has 2 N–H and O–H groups in total. The van der Waals surface area contributed by atoms with E-state index in [0.717, 1.165) is 12.1 Å². The van der Waals surface area contributed by atoms with Gasteiger partial charge in [0.15, 0.2) is 0 Å². The number of hydrogen-bond donors (Lipinski definition) is 1. The van der Waals surface area contributed by atoms with Gasteiger partial charge in [-0.2, -0.15) is 13.2 Å². The van der Waals surface area contributed by atoms with E-state index in [4.69, 9.17) is 5.73 Å². The minimum absolute atomic E-state index is 0.125. The average molecular weight is 276 g/mol. The fraction of sp³-hybridized carbons (Fsp3) is 0.143. The maximum absolute atomic E-state index is 11.9. The first-order chi connectivity index (χ1) is 6.00. The molecule has 1 aromatic rings. The van der Waals surface area contributed by atoms with Crippen LogP contribution in [0.25, 0.3) is 0 Å².